The second-order valence-electron chi connectivity index (χ2n) is 7.85. The minimum Gasteiger partial charge on any atom is -0.342 e. The Balaban J connectivity index is 1.71. The molecule has 0 saturated carbocycles. The number of thioether (sulfide) groups is 1. The van der Waals surface area contributed by atoms with Gasteiger partial charge < -0.3 is 15.2 Å². The van der Waals surface area contributed by atoms with E-state index in [9.17, 15) is 9.59 Å². The molecular formula is C24H29N5O2S. The van der Waals surface area contributed by atoms with Crippen molar-refractivity contribution in [2.24, 2.45) is 5.92 Å². The minimum absolute atomic E-state index is 0.109. The van der Waals surface area contributed by atoms with Gasteiger partial charge in [-0.15, -0.1) is 10.2 Å². The van der Waals surface area contributed by atoms with E-state index >= 15 is 0 Å². The Kier molecular flexibility index (Phi) is 8.05. The topological polar surface area (TPSA) is 88.9 Å². The van der Waals surface area contributed by atoms with Crippen LogP contribution in [-0.2, 0) is 11.3 Å². The van der Waals surface area contributed by atoms with Crippen LogP contribution in [0.4, 0.5) is 5.69 Å². The third kappa shape index (κ3) is 5.97. The summed E-state index contributed by atoms with van der Waals surface area (Å²) < 4.78 is 1.96. The third-order valence-corrected chi connectivity index (χ3v) is 5.96. The zero-order valence-corrected chi connectivity index (χ0v) is 19.6. The monoisotopic (exact) mass is 451 g/mol. The smallest absolute Gasteiger partial charge is 0.251 e. The number of carbonyl (C=O) groups excluding carboxylic acids is 2. The van der Waals surface area contributed by atoms with Crippen LogP contribution in [0, 0.1) is 12.8 Å². The molecule has 1 heterocycles. The molecule has 1 atom stereocenters. The molecule has 2 N–H and O–H groups in total. The lowest BCUT2D eigenvalue weighted by atomic mass is 10.0. The molecule has 8 heteroatoms. The van der Waals surface area contributed by atoms with E-state index in [4.69, 9.17) is 0 Å². The molecule has 168 valence electrons. The van der Waals surface area contributed by atoms with Crippen molar-refractivity contribution < 1.29 is 9.59 Å². The fraction of sp³-hybridized carbons (Fsp3) is 0.333. The standard InChI is InChI=1S/C24H29N5O2S/c1-5-29-22(21(16(2)3)26-23(31)18-13-11-17(4)12-14-18)27-28-24(29)32-15-20(30)25-19-9-7-6-8-10-19/h6-14,16,21H,5,15H2,1-4H3,(H,25,30)(H,26,31)/t21-/m0/s1. The SMILES string of the molecule is CCn1c(SCC(=O)Nc2ccccc2)nnc1[C@@H](NC(=O)c1ccc(C)cc1)C(C)C. The van der Waals surface area contributed by atoms with E-state index in [1.807, 2.05) is 86.9 Å². The predicted octanol–water partition coefficient (Wildman–Crippen LogP) is 4.46. The Morgan fingerprint density at radius 2 is 1.72 bits per heavy atom. The Bertz CT molecular complexity index is 1050. The number of hydrogen-bond donors (Lipinski definition) is 2. The summed E-state index contributed by atoms with van der Waals surface area (Å²) in [4.78, 5) is 25.1. The van der Waals surface area contributed by atoms with Gasteiger partial charge in [-0.1, -0.05) is 61.5 Å². The molecular weight excluding hydrogens is 422 g/mol. The van der Waals surface area contributed by atoms with Gasteiger partial charge in [-0.3, -0.25) is 9.59 Å². The van der Waals surface area contributed by atoms with Crippen LogP contribution in [0.3, 0.4) is 0 Å². The van der Waals surface area contributed by atoms with Gasteiger partial charge in [0.2, 0.25) is 5.91 Å². The summed E-state index contributed by atoms with van der Waals surface area (Å²) in [5.74, 6) is 0.758. The summed E-state index contributed by atoms with van der Waals surface area (Å²) in [5, 5.41) is 15.3. The lowest BCUT2D eigenvalue weighted by molar-refractivity contribution is -0.113. The normalized spacial score (nSPS) is 11.9. The van der Waals surface area contributed by atoms with Crippen LogP contribution in [0.15, 0.2) is 59.8 Å². The molecule has 1 aromatic heterocycles. The van der Waals surface area contributed by atoms with E-state index in [0.717, 1.165) is 11.3 Å². The average Bonchev–Trinajstić information content (AvgIpc) is 3.19. The molecule has 0 aliphatic carbocycles. The molecule has 0 spiro atoms. The highest BCUT2D eigenvalue weighted by Gasteiger charge is 2.26. The van der Waals surface area contributed by atoms with Crippen LogP contribution in [0.5, 0.6) is 0 Å². The van der Waals surface area contributed by atoms with E-state index in [-0.39, 0.29) is 29.5 Å². The van der Waals surface area contributed by atoms with Crippen LogP contribution < -0.4 is 10.6 Å². The number of amides is 2. The Labute approximate surface area is 193 Å². The molecule has 0 unspecified atom stereocenters. The molecule has 0 aliphatic rings. The van der Waals surface area contributed by atoms with Crippen LogP contribution in [0.2, 0.25) is 0 Å². The number of benzene rings is 2. The fourth-order valence-electron chi connectivity index (χ4n) is 3.24. The zero-order valence-electron chi connectivity index (χ0n) is 18.8. The number of rotatable bonds is 9. The minimum atomic E-state index is -0.302. The van der Waals surface area contributed by atoms with E-state index in [2.05, 4.69) is 20.8 Å². The Morgan fingerprint density at radius 3 is 2.34 bits per heavy atom. The number of para-hydroxylation sites is 1. The molecule has 3 rings (SSSR count). The summed E-state index contributed by atoms with van der Waals surface area (Å²) in [7, 11) is 0. The maximum absolute atomic E-state index is 12.8. The Hall–Kier alpha value is -3.13. The number of nitrogens with zero attached hydrogens (tertiary/aromatic N) is 3. The van der Waals surface area contributed by atoms with E-state index in [0.29, 0.717) is 23.1 Å². The number of hydrogen-bond acceptors (Lipinski definition) is 5. The van der Waals surface area contributed by atoms with Gasteiger partial charge in [0.25, 0.3) is 5.91 Å². The molecule has 0 bridgehead atoms. The summed E-state index contributed by atoms with van der Waals surface area (Å²) in [6, 6.07) is 16.5. The maximum atomic E-state index is 12.8. The lowest BCUT2D eigenvalue weighted by Gasteiger charge is -2.22. The molecule has 0 saturated heterocycles. The second kappa shape index (κ2) is 10.9. The molecule has 0 fully saturated rings. The summed E-state index contributed by atoms with van der Waals surface area (Å²) in [5.41, 5.74) is 2.47. The van der Waals surface area contributed by atoms with Crippen molar-refractivity contribution in [2.45, 2.75) is 45.4 Å². The van der Waals surface area contributed by atoms with Gasteiger partial charge in [0, 0.05) is 17.8 Å². The number of anilines is 1. The third-order valence-electron chi connectivity index (χ3n) is 5.00. The van der Waals surface area contributed by atoms with Gasteiger partial charge in [0.15, 0.2) is 11.0 Å². The largest absolute Gasteiger partial charge is 0.342 e. The van der Waals surface area contributed by atoms with E-state index < -0.39 is 0 Å². The van der Waals surface area contributed by atoms with Crippen molar-refractivity contribution in [1.29, 1.82) is 0 Å². The highest BCUT2D eigenvalue weighted by atomic mass is 32.2. The van der Waals surface area contributed by atoms with Gasteiger partial charge in [-0.2, -0.15) is 0 Å². The molecule has 2 amide bonds. The van der Waals surface area contributed by atoms with Crippen LogP contribution in [-0.4, -0.2) is 32.3 Å². The number of aryl methyl sites for hydroxylation is 1. The first kappa shape index (κ1) is 23.5. The quantitative estimate of drug-likeness (QED) is 0.469. The number of aromatic nitrogens is 3. The summed E-state index contributed by atoms with van der Waals surface area (Å²) >= 11 is 1.33. The first-order chi connectivity index (χ1) is 15.4. The van der Waals surface area contributed by atoms with Crippen LogP contribution in [0.25, 0.3) is 0 Å². The molecule has 0 radical (unpaired) electrons. The van der Waals surface area contributed by atoms with Gasteiger partial charge in [-0.25, -0.2) is 0 Å². The van der Waals surface area contributed by atoms with Crippen molar-refractivity contribution in [3.8, 4) is 0 Å². The second-order valence-corrected chi connectivity index (χ2v) is 8.79. The van der Waals surface area contributed by atoms with Gasteiger partial charge in [-0.05, 0) is 44.0 Å². The molecule has 2 aromatic carbocycles. The first-order valence-corrected chi connectivity index (χ1v) is 11.7. The van der Waals surface area contributed by atoms with Gasteiger partial charge >= 0.3 is 0 Å². The number of carbonyl (C=O) groups is 2. The predicted molar refractivity (Wildman–Crippen MR) is 128 cm³/mol. The molecule has 32 heavy (non-hydrogen) atoms. The number of nitrogens with one attached hydrogen (secondary N) is 2. The van der Waals surface area contributed by atoms with Crippen molar-refractivity contribution in [3.63, 3.8) is 0 Å². The van der Waals surface area contributed by atoms with Gasteiger partial charge in [0.05, 0.1) is 11.8 Å². The van der Waals surface area contributed by atoms with Crippen molar-refractivity contribution >= 4 is 29.3 Å². The molecule has 0 aliphatic heterocycles. The van der Waals surface area contributed by atoms with Crippen LogP contribution in [0.1, 0.15) is 48.6 Å². The lowest BCUT2D eigenvalue weighted by Crippen LogP contribution is -2.33. The Morgan fingerprint density at radius 1 is 1.03 bits per heavy atom. The first-order valence-electron chi connectivity index (χ1n) is 10.7. The van der Waals surface area contributed by atoms with Crippen LogP contribution >= 0.6 is 11.8 Å². The summed E-state index contributed by atoms with van der Waals surface area (Å²) in [6.07, 6.45) is 0. The highest BCUT2D eigenvalue weighted by molar-refractivity contribution is 7.99. The van der Waals surface area contributed by atoms with E-state index in [1.165, 1.54) is 11.8 Å². The van der Waals surface area contributed by atoms with Crippen molar-refractivity contribution in [3.05, 3.63) is 71.5 Å². The molecule has 7 nitrogen and oxygen atoms in total. The molecule has 3 aromatic rings. The van der Waals surface area contributed by atoms with E-state index in [1.54, 1.807) is 0 Å². The average molecular weight is 452 g/mol. The van der Waals surface area contributed by atoms with Crippen molar-refractivity contribution in [1.82, 2.24) is 20.1 Å². The summed E-state index contributed by atoms with van der Waals surface area (Å²) in [6.45, 7) is 8.69. The zero-order chi connectivity index (χ0) is 23.1. The highest BCUT2D eigenvalue weighted by Crippen LogP contribution is 2.25. The van der Waals surface area contributed by atoms with Gasteiger partial charge in [0.1, 0.15) is 0 Å². The van der Waals surface area contributed by atoms with Crippen molar-refractivity contribution in [2.75, 3.05) is 11.1 Å². The maximum Gasteiger partial charge on any atom is 0.251 e. The fourth-order valence-corrected chi connectivity index (χ4v) is 4.05.